The van der Waals surface area contributed by atoms with Crippen LogP contribution >= 0.6 is 0 Å². The van der Waals surface area contributed by atoms with Crippen molar-refractivity contribution in [3.05, 3.63) is 71.8 Å². The monoisotopic (exact) mass is 353 g/mol. The Balaban J connectivity index is 2.36. The van der Waals surface area contributed by atoms with Gasteiger partial charge >= 0.3 is 5.97 Å². The zero-order valence-electron chi connectivity index (χ0n) is 14.8. The van der Waals surface area contributed by atoms with E-state index in [4.69, 9.17) is 0 Å². The second-order valence-corrected chi connectivity index (χ2v) is 5.97. The lowest BCUT2D eigenvalue weighted by molar-refractivity contribution is 0.0692. The lowest BCUT2D eigenvalue weighted by Gasteiger charge is -2.23. The normalized spacial score (nSPS) is 10.3. The number of rotatable bonds is 9. The number of phenols is 1. The van der Waals surface area contributed by atoms with Crippen LogP contribution in [0.3, 0.4) is 0 Å². The molecular formula is C21H23NO4. The Morgan fingerprint density at radius 1 is 1.12 bits per heavy atom. The van der Waals surface area contributed by atoms with Crippen LogP contribution in [0.25, 0.3) is 0 Å². The number of hydrogen-bond donors (Lipinski definition) is 2. The van der Waals surface area contributed by atoms with Crippen LogP contribution < -0.4 is 4.90 Å². The summed E-state index contributed by atoms with van der Waals surface area (Å²) in [7, 11) is 0. The molecule has 0 aromatic heterocycles. The first-order valence-electron chi connectivity index (χ1n) is 8.55. The fraction of sp³-hybridized carbons (Fsp3) is 0.238. The van der Waals surface area contributed by atoms with Gasteiger partial charge in [0.2, 0.25) is 0 Å². The Labute approximate surface area is 153 Å². The SMILES string of the molecule is C=CCN(CCCC)c1ccc(C(=O)c2ccccc2C(=O)O)c(O)c1. The molecule has 2 aromatic carbocycles. The number of phenolic OH excluding ortho intramolecular Hbond substituents is 1. The summed E-state index contributed by atoms with van der Waals surface area (Å²) in [5, 5.41) is 19.6. The van der Waals surface area contributed by atoms with Gasteiger partial charge in [-0.3, -0.25) is 4.79 Å². The maximum atomic E-state index is 12.7. The van der Waals surface area contributed by atoms with Gasteiger partial charge in [-0.2, -0.15) is 0 Å². The number of nitrogens with zero attached hydrogens (tertiary/aromatic N) is 1. The quantitative estimate of drug-likeness (QED) is 0.524. The smallest absolute Gasteiger partial charge is 0.336 e. The topological polar surface area (TPSA) is 77.8 Å². The molecule has 0 heterocycles. The summed E-state index contributed by atoms with van der Waals surface area (Å²) < 4.78 is 0. The third kappa shape index (κ3) is 4.30. The van der Waals surface area contributed by atoms with Crippen LogP contribution in [0.15, 0.2) is 55.1 Å². The fourth-order valence-corrected chi connectivity index (χ4v) is 2.75. The van der Waals surface area contributed by atoms with Gasteiger partial charge in [0.05, 0.1) is 11.1 Å². The zero-order chi connectivity index (χ0) is 19.1. The zero-order valence-corrected chi connectivity index (χ0v) is 14.8. The number of ketones is 1. The summed E-state index contributed by atoms with van der Waals surface area (Å²) in [5.74, 6) is -1.86. The second kappa shape index (κ2) is 8.85. The molecule has 0 radical (unpaired) electrons. The number of anilines is 1. The third-order valence-electron chi connectivity index (χ3n) is 4.12. The van der Waals surface area contributed by atoms with Gasteiger partial charge in [0.15, 0.2) is 5.78 Å². The highest BCUT2D eigenvalue weighted by atomic mass is 16.4. The van der Waals surface area contributed by atoms with Crippen LogP contribution in [0.5, 0.6) is 5.75 Å². The van der Waals surface area contributed by atoms with Crippen LogP contribution in [-0.4, -0.2) is 35.1 Å². The van der Waals surface area contributed by atoms with Gasteiger partial charge in [-0.25, -0.2) is 4.79 Å². The molecule has 0 bridgehead atoms. The highest BCUT2D eigenvalue weighted by Gasteiger charge is 2.20. The van der Waals surface area contributed by atoms with Gasteiger partial charge in [-0.15, -0.1) is 6.58 Å². The van der Waals surface area contributed by atoms with E-state index < -0.39 is 11.8 Å². The summed E-state index contributed by atoms with van der Waals surface area (Å²) in [5.41, 5.74) is 0.838. The Bertz CT molecular complexity index is 813. The summed E-state index contributed by atoms with van der Waals surface area (Å²) in [6.45, 7) is 7.31. The van der Waals surface area contributed by atoms with E-state index in [1.54, 1.807) is 24.3 Å². The first kappa shape index (κ1) is 19.2. The van der Waals surface area contributed by atoms with Gasteiger partial charge in [0, 0.05) is 30.4 Å². The number of carboxylic acid groups (broad SMARTS) is 1. The van der Waals surface area contributed by atoms with Gasteiger partial charge < -0.3 is 15.1 Å². The summed E-state index contributed by atoms with van der Waals surface area (Å²) >= 11 is 0. The average molecular weight is 353 g/mol. The molecule has 0 saturated heterocycles. The van der Waals surface area contributed by atoms with E-state index in [0.717, 1.165) is 25.1 Å². The molecule has 136 valence electrons. The molecule has 0 aliphatic carbocycles. The molecule has 2 N–H and O–H groups in total. The Hall–Kier alpha value is -3.08. The predicted octanol–water partition coefficient (Wildman–Crippen LogP) is 4.11. The number of benzene rings is 2. The lowest BCUT2D eigenvalue weighted by Crippen LogP contribution is -2.24. The number of unbranched alkanes of at least 4 members (excludes halogenated alkanes) is 1. The van der Waals surface area contributed by atoms with E-state index >= 15 is 0 Å². The molecule has 0 spiro atoms. The molecule has 5 nitrogen and oxygen atoms in total. The van der Waals surface area contributed by atoms with E-state index in [0.29, 0.717) is 6.54 Å². The molecule has 0 unspecified atom stereocenters. The van der Waals surface area contributed by atoms with Crippen molar-refractivity contribution < 1.29 is 19.8 Å². The van der Waals surface area contributed by atoms with E-state index in [-0.39, 0.29) is 22.4 Å². The Morgan fingerprint density at radius 3 is 2.38 bits per heavy atom. The number of carboxylic acids is 1. The molecule has 2 rings (SSSR count). The van der Waals surface area contributed by atoms with Crippen molar-refractivity contribution in [3.63, 3.8) is 0 Å². The highest BCUT2D eigenvalue weighted by Crippen LogP contribution is 2.28. The van der Waals surface area contributed by atoms with Crippen LogP contribution in [-0.2, 0) is 0 Å². The lowest BCUT2D eigenvalue weighted by atomic mass is 9.97. The van der Waals surface area contributed by atoms with Crippen LogP contribution in [0.2, 0.25) is 0 Å². The van der Waals surface area contributed by atoms with Crippen molar-refractivity contribution in [2.45, 2.75) is 19.8 Å². The first-order valence-corrected chi connectivity index (χ1v) is 8.55. The predicted molar refractivity (Wildman–Crippen MR) is 102 cm³/mol. The minimum Gasteiger partial charge on any atom is -0.507 e. The van der Waals surface area contributed by atoms with Crippen LogP contribution in [0.4, 0.5) is 5.69 Å². The standard InChI is InChI=1S/C21H23NO4/c1-3-5-13-22(12-4-2)15-10-11-18(19(23)14-15)20(24)16-8-6-7-9-17(16)21(25)26/h4,6-11,14,23H,2-3,5,12-13H2,1H3,(H,25,26). The van der Waals surface area contributed by atoms with Gasteiger partial charge in [-0.1, -0.05) is 37.6 Å². The molecular weight excluding hydrogens is 330 g/mol. The second-order valence-electron chi connectivity index (χ2n) is 5.97. The van der Waals surface area contributed by atoms with Crippen molar-refractivity contribution in [1.29, 1.82) is 0 Å². The van der Waals surface area contributed by atoms with E-state index in [2.05, 4.69) is 18.4 Å². The minimum atomic E-state index is -1.18. The van der Waals surface area contributed by atoms with Crippen molar-refractivity contribution in [3.8, 4) is 5.75 Å². The molecule has 0 amide bonds. The first-order chi connectivity index (χ1) is 12.5. The van der Waals surface area contributed by atoms with Gasteiger partial charge in [-0.05, 0) is 24.6 Å². The Kier molecular flexibility index (Phi) is 6.55. The molecule has 0 saturated carbocycles. The Morgan fingerprint density at radius 2 is 1.81 bits per heavy atom. The molecule has 0 fully saturated rings. The summed E-state index contributed by atoms with van der Waals surface area (Å²) in [6, 6.07) is 10.8. The highest BCUT2D eigenvalue weighted by molar-refractivity contribution is 6.15. The number of hydrogen-bond acceptors (Lipinski definition) is 4. The largest absolute Gasteiger partial charge is 0.507 e. The van der Waals surface area contributed by atoms with Crippen LogP contribution in [0, 0.1) is 0 Å². The molecule has 2 aromatic rings. The number of aromatic carboxylic acids is 1. The summed E-state index contributed by atoms with van der Waals surface area (Å²) in [6.07, 6.45) is 3.83. The van der Waals surface area contributed by atoms with Crippen molar-refractivity contribution in [1.82, 2.24) is 0 Å². The number of carbonyl (C=O) groups is 2. The molecule has 5 heteroatoms. The van der Waals surface area contributed by atoms with Crippen molar-refractivity contribution in [2.75, 3.05) is 18.0 Å². The third-order valence-corrected chi connectivity index (χ3v) is 4.12. The van der Waals surface area contributed by atoms with Crippen LogP contribution in [0.1, 0.15) is 46.0 Å². The minimum absolute atomic E-state index is 0.0528. The van der Waals surface area contributed by atoms with E-state index in [1.807, 2.05) is 0 Å². The van der Waals surface area contributed by atoms with Crippen molar-refractivity contribution in [2.24, 2.45) is 0 Å². The molecule has 0 aliphatic rings. The maximum Gasteiger partial charge on any atom is 0.336 e. The molecule has 0 atom stereocenters. The fourth-order valence-electron chi connectivity index (χ4n) is 2.75. The van der Waals surface area contributed by atoms with Gasteiger partial charge in [0.25, 0.3) is 0 Å². The van der Waals surface area contributed by atoms with Gasteiger partial charge in [0.1, 0.15) is 5.75 Å². The average Bonchev–Trinajstić information content (AvgIpc) is 2.64. The van der Waals surface area contributed by atoms with E-state index in [1.165, 1.54) is 24.3 Å². The maximum absolute atomic E-state index is 12.7. The molecule has 26 heavy (non-hydrogen) atoms. The van der Waals surface area contributed by atoms with E-state index in [9.17, 15) is 19.8 Å². The number of aromatic hydroxyl groups is 1. The molecule has 0 aliphatic heterocycles. The summed E-state index contributed by atoms with van der Waals surface area (Å²) in [4.78, 5) is 26.1. The number of carbonyl (C=O) groups excluding carboxylic acids is 1. The van der Waals surface area contributed by atoms with Crippen molar-refractivity contribution >= 4 is 17.4 Å².